The van der Waals surface area contributed by atoms with Crippen molar-refractivity contribution in [1.29, 1.82) is 5.26 Å². The molecule has 1 N–H and O–H groups in total. The first-order chi connectivity index (χ1) is 9.29. The third kappa shape index (κ3) is 1.92. The maximum atomic E-state index is 10.0. The summed E-state index contributed by atoms with van der Waals surface area (Å²) in [6.45, 7) is 0. The van der Waals surface area contributed by atoms with Crippen molar-refractivity contribution < 1.29 is 5.11 Å². The van der Waals surface area contributed by atoms with Crippen LogP contribution in [0.25, 0.3) is 21.9 Å². The SMILES string of the molecule is N#Cc1ccc(O)c(-c2cccc3ccccc23)c1. The van der Waals surface area contributed by atoms with Crippen molar-refractivity contribution in [2.24, 2.45) is 0 Å². The van der Waals surface area contributed by atoms with Crippen LogP contribution in [0.1, 0.15) is 5.56 Å². The summed E-state index contributed by atoms with van der Waals surface area (Å²) in [4.78, 5) is 0. The molecule has 3 aromatic rings. The first-order valence-electron chi connectivity index (χ1n) is 6.01. The summed E-state index contributed by atoms with van der Waals surface area (Å²) < 4.78 is 0. The Balaban J connectivity index is 2.34. The molecule has 0 bridgehead atoms. The molecule has 2 heteroatoms. The van der Waals surface area contributed by atoms with Gasteiger partial charge in [0.1, 0.15) is 5.75 Å². The molecule has 0 amide bonds. The Morgan fingerprint density at radius 3 is 2.47 bits per heavy atom. The summed E-state index contributed by atoms with van der Waals surface area (Å²) in [5, 5.41) is 21.2. The van der Waals surface area contributed by atoms with Gasteiger partial charge in [0.25, 0.3) is 0 Å². The normalized spacial score (nSPS) is 10.3. The average molecular weight is 245 g/mol. The van der Waals surface area contributed by atoms with Crippen molar-refractivity contribution in [3.8, 4) is 22.9 Å². The summed E-state index contributed by atoms with van der Waals surface area (Å²) in [6, 6.07) is 20.9. The second-order valence-corrected chi connectivity index (χ2v) is 4.37. The van der Waals surface area contributed by atoms with Crippen LogP contribution in [-0.4, -0.2) is 5.11 Å². The minimum absolute atomic E-state index is 0.190. The zero-order valence-corrected chi connectivity index (χ0v) is 10.2. The van der Waals surface area contributed by atoms with E-state index in [4.69, 9.17) is 5.26 Å². The molecule has 0 heterocycles. The number of nitrogens with zero attached hydrogens (tertiary/aromatic N) is 1. The maximum Gasteiger partial charge on any atom is 0.123 e. The van der Waals surface area contributed by atoms with Crippen molar-refractivity contribution in [1.82, 2.24) is 0 Å². The first-order valence-corrected chi connectivity index (χ1v) is 6.01. The molecule has 90 valence electrons. The number of hydrogen-bond donors (Lipinski definition) is 1. The van der Waals surface area contributed by atoms with Crippen LogP contribution in [0.4, 0.5) is 0 Å². The summed E-state index contributed by atoms with van der Waals surface area (Å²) >= 11 is 0. The second-order valence-electron chi connectivity index (χ2n) is 4.37. The molecule has 0 unspecified atom stereocenters. The number of hydrogen-bond acceptors (Lipinski definition) is 2. The van der Waals surface area contributed by atoms with Gasteiger partial charge in [-0.05, 0) is 34.5 Å². The van der Waals surface area contributed by atoms with E-state index in [1.54, 1.807) is 18.2 Å². The molecule has 0 saturated heterocycles. The van der Waals surface area contributed by atoms with E-state index in [0.717, 1.165) is 16.3 Å². The Kier molecular flexibility index (Phi) is 2.66. The second kappa shape index (κ2) is 4.47. The lowest BCUT2D eigenvalue weighted by atomic mass is 9.96. The Bertz CT molecular complexity index is 794. The van der Waals surface area contributed by atoms with E-state index in [9.17, 15) is 5.11 Å². The summed E-state index contributed by atoms with van der Waals surface area (Å²) in [7, 11) is 0. The first kappa shape index (κ1) is 11.3. The molecule has 3 rings (SSSR count). The molecule has 0 atom stereocenters. The molecular weight excluding hydrogens is 234 g/mol. The number of phenolic OH excluding ortho intramolecular Hbond substituents is 1. The van der Waals surface area contributed by atoms with Gasteiger partial charge in [0.15, 0.2) is 0 Å². The van der Waals surface area contributed by atoms with Crippen LogP contribution in [-0.2, 0) is 0 Å². The number of rotatable bonds is 1. The predicted molar refractivity (Wildman–Crippen MR) is 75.8 cm³/mol. The molecule has 2 nitrogen and oxygen atoms in total. The lowest BCUT2D eigenvalue weighted by Crippen LogP contribution is -1.84. The topological polar surface area (TPSA) is 44.0 Å². The highest BCUT2D eigenvalue weighted by Crippen LogP contribution is 2.34. The number of aromatic hydroxyl groups is 1. The van der Waals surface area contributed by atoms with E-state index < -0.39 is 0 Å². The molecule has 0 saturated carbocycles. The zero-order valence-electron chi connectivity index (χ0n) is 10.2. The highest BCUT2D eigenvalue weighted by molar-refractivity contribution is 5.98. The van der Waals surface area contributed by atoms with Crippen molar-refractivity contribution in [2.75, 3.05) is 0 Å². The molecule has 19 heavy (non-hydrogen) atoms. The maximum absolute atomic E-state index is 10.0. The van der Waals surface area contributed by atoms with E-state index in [1.807, 2.05) is 42.5 Å². The predicted octanol–water partition coefficient (Wildman–Crippen LogP) is 4.08. The van der Waals surface area contributed by atoms with E-state index in [1.165, 1.54) is 0 Å². The Morgan fingerprint density at radius 1 is 0.842 bits per heavy atom. The summed E-state index contributed by atoms with van der Waals surface area (Å²) in [5.41, 5.74) is 2.17. The third-order valence-electron chi connectivity index (χ3n) is 3.21. The van der Waals surface area contributed by atoms with Gasteiger partial charge in [-0.2, -0.15) is 5.26 Å². The van der Waals surface area contributed by atoms with Crippen molar-refractivity contribution in [3.63, 3.8) is 0 Å². The van der Waals surface area contributed by atoms with Gasteiger partial charge in [0.05, 0.1) is 11.6 Å². The van der Waals surface area contributed by atoms with Gasteiger partial charge >= 0.3 is 0 Å². The van der Waals surface area contributed by atoms with E-state index in [2.05, 4.69) is 6.07 Å². The largest absolute Gasteiger partial charge is 0.507 e. The van der Waals surface area contributed by atoms with Gasteiger partial charge < -0.3 is 5.11 Å². The standard InChI is InChI=1S/C17H11NO/c18-11-12-8-9-17(19)16(10-12)15-7-3-5-13-4-1-2-6-14(13)15/h1-10,19H. The zero-order chi connectivity index (χ0) is 13.2. The molecule has 0 aliphatic heterocycles. The van der Waals surface area contributed by atoms with Crippen LogP contribution in [0.5, 0.6) is 5.75 Å². The van der Waals surface area contributed by atoms with Crippen molar-refractivity contribution in [2.45, 2.75) is 0 Å². The van der Waals surface area contributed by atoms with Crippen LogP contribution < -0.4 is 0 Å². The smallest absolute Gasteiger partial charge is 0.123 e. The molecule has 0 spiro atoms. The van der Waals surface area contributed by atoms with Gasteiger partial charge in [0, 0.05) is 5.56 Å². The van der Waals surface area contributed by atoms with Gasteiger partial charge in [-0.25, -0.2) is 0 Å². The fourth-order valence-electron chi connectivity index (χ4n) is 2.28. The summed E-state index contributed by atoms with van der Waals surface area (Å²) in [6.07, 6.45) is 0. The van der Waals surface area contributed by atoms with Crippen LogP contribution in [0.2, 0.25) is 0 Å². The number of nitriles is 1. The van der Waals surface area contributed by atoms with E-state index in [0.29, 0.717) is 11.1 Å². The van der Waals surface area contributed by atoms with Crippen LogP contribution in [0, 0.1) is 11.3 Å². The monoisotopic (exact) mass is 245 g/mol. The van der Waals surface area contributed by atoms with E-state index in [-0.39, 0.29) is 5.75 Å². The lowest BCUT2D eigenvalue weighted by Gasteiger charge is -2.09. The van der Waals surface area contributed by atoms with Crippen LogP contribution in [0.3, 0.4) is 0 Å². The number of phenols is 1. The fraction of sp³-hybridized carbons (Fsp3) is 0. The third-order valence-corrected chi connectivity index (χ3v) is 3.21. The highest BCUT2D eigenvalue weighted by Gasteiger charge is 2.08. The number of benzene rings is 3. The van der Waals surface area contributed by atoms with E-state index >= 15 is 0 Å². The van der Waals surface area contributed by atoms with Crippen LogP contribution >= 0.6 is 0 Å². The van der Waals surface area contributed by atoms with Crippen molar-refractivity contribution in [3.05, 3.63) is 66.2 Å². The molecule has 3 aromatic carbocycles. The minimum Gasteiger partial charge on any atom is -0.507 e. The number of fused-ring (bicyclic) bond motifs is 1. The van der Waals surface area contributed by atoms with Gasteiger partial charge in [0.2, 0.25) is 0 Å². The average Bonchev–Trinajstić information content (AvgIpc) is 2.47. The Morgan fingerprint density at radius 2 is 1.63 bits per heavy atom. The molecular formula is C17H11NO. The molecule has 0 radical (unpaired) electrons. The highest BCUT2D eigenvalue weighted by atomic mass is 16.3. The van der Waals surface area contributed by atoms with Gasteiger partial charge in [-0.1, -0.05) is 42.5 Å². The van der Waals surface area contributed by atoms with Gasteiger partial charge in [-0.3, -0.25) is 0 Å². The molecule has 0 aliphatic rings. The Labute approximate surface area is 111 Å². The Hall–Kier alpha value is -2.79. The minimum atomic E-state index is 0.190. The lowest BCUT2D eigenvalue weighted by molar-refractivity contribution is 0.477. The van der Waals surface area contributed by atoms with Gasteiger partial charge in [-0.15, -0.1) is 0 Å². The summed E-state index contributed by atoms with van der Waals surface area (Å²) in [5.74, 6) is 0.190. The fourth-order valence-corrected chi connectivity index (χ4v) is 2.28. The van der Waals surface area contributed by atoms with Crippen molar-refractivity contribution >= 4 is 10.8 Å². The molecule has 0 fully saturated rings. The quantitative estimate of drug-likeness (QED) is 0.701. The molecule has 0 aromatic heterocycles. The van der Waals surface area contributed by atoms with Crippen LogP contribution in [0.15, 0.2) is 60.7 Å². The molecule has 0 aliphatic carbocycles.